The molecule has 3 N–H and O–H groups in total. The van der Waals surface area contributed by atoms with E-state index >= 15 is 0 Å². The van der Waals surface area contributed by atoms with Crippen molar-refractivity contribution in [2.75, 3.05) is 12.3 Å². The summed E-state index contributed by atoms with van der Waals surface area (Å²) in [7, 11) is 0. The Morgan fingerprint density at radius 1 is 1.48 bits per heavy atom. The van der Waals surface area contributed by atoms with Gasteiger partial charge in [-0.05, 0) is 0 Å². The molecule has 0 atom stereocenters. The maximum absolute atomic E-state index is 12.3. The summed E-state index contributed by atoms with van der Waals surface area (Å²) in [5.74, 6) is -0.295. The number of aromatic nitrogens is 2. The Morgan fingerprint density at radius 2 is 2.14 bits per heavy atom. The number of rotatable bonds is 6. The second kappa shape index (κ2) is 7.34. The number of primary amides is 1. The lowest BCUT2D eigenvalue weighted by atomic mass is 10.3. The minimum Gasteiger partial charge on any atom is -0.369 e. The molecule has 0 radical (unpaired) electrons. The predicted molar refractivity (Wildman–Crippen MR) is 72.9 cm³/mol. The van der Waals surface area contributed by atoms with Crippen LogP contribution in [0.25, 0.3) is 0 Å². The van der Waals surface area contributed by atoms with Crippen molar-refractivity contribution in [2.24, 2.45) is 10.7 Å². The molecule has 1 heterocycles. The molecule has 6 nitrogen and oxygen atoms in total. The van der Waals surface area contributed by atoms with Crippen LogP contribution < -0.4 is 16.9 Å². The third-order valence-corrected chi connectivity index (χ3v) is 2.65. The lowest BCUT2D eigenvalue weighted by molar-refractivity contribution is -0.137. The SMILES string of the molecule is NC(=O)Cc1c/c(=N\CCS)n(CCC(F)(F)F)c(=O)[nH]1. The highest BCUT2D eigenvalue weighted by atomic mass is 32.1. The van der Waals surface area contributed by atoms with E-state index in [-0.39, 0.29) is 24.1 Å². The number of nitrogens with zero attached hydrogens (tertiary/aromatic N) is 2. The molecule has 0 aliphatic carbocycles. The van der Waals surface area contributed by atoms with E-state index < -0.39 is 30.7 Å². The summed E-state index contributed by atoms with van der Waals surface area (Å²) < 4.78 is 37.7. The maximum atomic E-state index is 12.3. The summed E-state index contributed by atoms with van der Waals surface area (Å²) in [5.41, 5.74) is 4.52. The highest BCUT2D eigenvalue weighted by Crippen LogP contribution is 2.19. The number of thiol groups is 1. The van der Waals surface area contributed by atoms with Crippen molar-refractivity contribution in [3.05, 3.63) is 27.7 Å². The first-order valence-electron chi connectivity index (χ1n) is 6.02. The zero-order valence-corrected chi connectivity index (χ0v) is 11.9. The van der Waals surface area contributed by atoms with Crippen LogP contribution in [0.1, 0.15) is 12.1 Å². The molecule has 0 aromatic carbocycles. The predicted octanol–water partition coefficient (Wildman–Crippen LogP) is -0.0129. The van der Waals surface area contributed by atoms with E-state index in [4.69, 9.17) is 5.73 Å². The number of hydrogen-bond acceptors (Lipinski definition) is 4. The van der Waals surface area contributed by atoms with Crippen molar-refractivity contribution in [3.63, 3.8) is 0 Å². The Kier molecular flexibility index (Phi) is 6.06. The molecular weight excluding hydrogens is 309 g/mol. The third kappa shape index (κ3) is 6.06. The summed E-state index contributed by atoms with van der Waals surface area (Å²) in [6.45, 7) is -0.324. The van der Waals surface area contributed by atoms with Gasteiger partial charge in [-0.3, -0.25) is 14.4 Å². The fraction of sp³-hybridized carbons (Fsp3) is 0.545. The van der Waals surface area contributed by atoms with Gasteiger partial charge in [-0.25, -0.2) is 4.79 Å². The number of alkyl halides is 3. The van der Waals surface area contributed by atoms with Crippen LogP contribution in [0.15, 0.2) is 15.9 Å². The van der Waals surface area contributed by atoms with Gasteiger partial charge < -0.3 is 10.7 Å². The zero-order chi connectivity index (χ0) is 16.0. The average Bonchev–Trinajstić information content (AvgIpc) is 2.32. The van der Waals surface area contributed by atoms with Gasteiger partial charge in [0.15, 0.2) is 0 Å². The molecule has 1 aromatic rings. The number of nitrogens with two attached hydrogens (primary N) is 1. The van der Waals surface area contributed by atoms with Gasteiger partial charge in [0.2, 0.25) is 5.91 Å². The number of aromatic amines is 1. The van der Waals surface area contributed by atoms with Gasteiger partial charge in [0.1, 0.15) is 5.49 Å². The molecule has 1 aromatic heterocycles. The van der Waals surface area contributed by atoms with Crippen molar-refractivity contribution >= 4 is 18.5 Å². The summed E-state index contributed by atoms with van der Waals surface area (Å²) in [5, 5.41) is 0. The quantitative estimate of drug-likeness (QED) is 0.642. The molecule has 118 valence electrons. The van der Waals surface area contributed by atoms with Crippen molar-refractivity contribution in [3.8, 4) is 0 Å². The minimum absolute atomic E-state index is 0.0632. The number of carbonyl (C=O) groups excluding carboxylic acids is 1. The largest absolute Gasteiger partial charge is 0.390 e. The molecule has 1 amide bonds. The average molecular weight is 324 g/mol. The van der Waals surface area contributed by atoms with Crippen molar-refractivity contribution in [1.29, 1.82) is 0 Å². The Labute approximate surface area is 123 Å². The van der Waals surface area contributed by atoms with Gasteiger partial charge >= 0.3 is 11.9 Å². The second-order valence-corrected chi connectivity index (χ2v) is 4.67. The van der Waals surface area contributed by atoms with Gasteiger partial charge in [0.05, 0.1) is 19.4 Å². The van der Waals surface area contributed by atoms with Crippen molar-refractivity contribution < 1.29 is 18.0 Å². The fourth-order valence-corrected chi connectivity index (χ4v) is 1.71. The molecule has 0 aliphatic heterocycles. The van der Waals surface area contributed by atoms with Gasteiger partial charge in [0, 0.05) is 24.1 Å². The molecular formula is C11H15F3N4O2S. The second-order valence-electron chi connectivity index (χ2n) is 4.22. The van der Waals surface area contributed by atoms with Crippen LogP contribution in [0.2, 0.25) is 0 Å². The van der Waals surface area contributed by atoms with Gasteiger partial charge in [-0.1, -0.05) is 0 Å². The Morgan fingerprint density at radius 3 is 2.67 bits per heavy atom. The molecule has 0 aliphatic rings. The van der Waals surface area contributed by atoms with Crippen molar-refractivity contribution in [1.82, 2.24) is 9.55 Å². The van der Waals surface area contributed by atoms with E-state index in [1.165, 1.54) is 6.07 Å². The van der Waals surface area contributed by atoms with Gasteiger partial charge in [-0.2, -0.15) is 25.8 Å². The number of amides is 1. The van der Waals surface area contributed by atoms with Crippen LogP contribution >= 0.6 is 12.6 Å². The normalized spacial score (nSPS) is 12.7. The molecule has 0 fully saturated rings. The van der Waals surface area contributed by atoms with Crippen LogP contribution in [0.4, 0.5) is 13.2 Å². The summed E-state index contributed by atoms with van der Waals surface area (Å²) in [4.78, 5) is 29.0. The standard InChI is InChI=1S/C11H15F3N4O2S/c12-11(13,14)1-3-18-9(16-2-4-21)6-7(5-8(15)19)17-10(18)20/h6,21H,1-5H2,(H2,15,19)(H,17,20)/b16-9+. The number of halogens is 3. The first-order valence-corrected chi connectivity index (χ1v) is 6.65. The van der Waals surface area contributed by atoms with Crippen molar-refractivity contribution in [2.45, 2.75) is 25.6 Å². The number of H-pyrrole nitrogens is 1. The van der Waals surface area contributed by atoms with E-state index in [1.807, 2.05) is 0 Å². The molecule has 21 heavy (non-hydrogen) atoms. The maximum Gasteiger partial charge on any atom is 0.390 e. The molecule has 0 bridgehead atoms. The number of carbonyl (C=O) groups is 1. The lowest BCUT2D eigenvalue weighted by Gasteiger charge is -2.10. The fourth-order valence-electron chi connectivity index (χ4n) is 1.61. The highest BCUT2D eigenvalue weighted by Gasteiger charge is 2.27. The van der Waals surface area contributed by atoms with Gasteiger partial charge in [0.25, 0.3) is 0 Å². The van der Waals surface area contributed by atoms with Crippen LogP contribution in [-0.2, 0) is 17.8 Å². The molecule has 0 spiro atoms. The molecule has 1 rings (SSSR count). The first kappa shape index (κ1) is 17.3. The van der Waals surface area contributed by atoms with E-state index in [0.29, 0.717) is 5.75 Å². The highest BCUT2D eigenvalue weighted by molar-refractivity contribution is 7.80. The molecule has 0 unspecified atom stereocenters. The van der Waals surface area contributed by atoms with E-state index in [9.17, 15) is 22.8 Å². The van der Waals surface area contributed by atoms with Crippen LogP contribution in [0, 0.1) is 0 Å². The summed E-state index contributed by atoms with van der Waals surface area (Å²) in [6.07, 6.45) is -5.76. The van der Waals surface area contributed by atoms with E-state index in [0.717, 1.165) is 4.57 Å². The van der Waals surface area contributed by atoms with Crippen LogP contribution in [0.3, 0.4) is 0 Å². The molecule has 10 heteroatoms. The Hall–Kier alpha value is -1.71. The summed E-state index contributed by atoms with van der Waals surface area (Å²) in [6, 6.07) is 1.34. The Balaban J connectivity index is 3.21. The smallest absolute Gasteiger partial charge is 0.369 e. The van der Waals surface area contributed by atoms with Crippen LogP contribution in [-0.4, -0.2) is 33.9 Å². The number of nitrogens with one attached hydrogen (secondary N) is 1. The van der Waals surface area contributed by atoms with Crippen LogP contribution in [0.5, 0.6) is 0 Å². The monoisotopic (exact) mass is 324 g/mol. The molecule has 0 saturated carbocycles. The minimum atomic E-state index is -4.38. The Bertz CT molecular complexity index is 621. The van der Waals surface area contributed by atoms with Gasteiger partial charge in [-0.15, -0.1) is 0 Å². The van der Waals surface area contributed by atoms with E-state index in [2.05, 4.69) is 22.6 Å². The topological polar surface area (TPSA) is 93.2 Å². The lowest BCUT2D eigenvalue weighted by Crippen LogP contribution is -2.38. The van der Waals surface area contributed by atoms with E-state index in [1.54, 1.807) is 0 Å². The zero-order valence-electron chi connectivity index (χ0n) is 11.0. The molecule has 0 saturated heterocycles. The number of hydrogen-bond donors (Lipinski definition) is 3. The third-order valence-electron chi connectivity index (χ3n) is 2.45. The first-order chi connectivity index (χ1) is 9.73. The summed E-state index contributed by atoms with van der Waals surface area (Å²) >= 11 is 3.95.